The molecular weight excluding hydrogens is 236 g/mol. The number of carbonyl (C=O) groups is 1. The van der Waals surface area contributed by atoms with Crippen molar-refractivity contribution in [1.29, 1.82) is 0 Å². The van der Waals surface area contributed by atoms with Gasteiger partial charge in [0.25, 0.3) is 0 Å². The van der Waals surface area contributed by atoms with Gasteiger partial charge in [0.2, 0.25) is 0 Å². The zero-order chi connectivity index (χ0) is 13.4. The molecule has 6 nitrogen and oxygen atoms in total. The summed E-state index contributed by atoms with van der Waals surface area (Å²) in [5.74, 6) is 0.682. The molecule has 0 saturated heterocycles. The van der Waals surface area contributed by atoms with Crippen molar-refractivity contribution >= 4 is 6.03 Å². The van der Waals surface area contributed by atoms with Crippen molar-refractivity contribution in [3.8, 4) is 0 Å². The van der Waals surface area contributed by atoms with Gasteiger partial charge in [0.1, 0.15) is 5.76 Å². The average molecular weight is 256 g/mol. The van der Waals surface area contributed by atoms with Crippen LogP contribution in [0.5, 0.6) is 0 Å². The Morgan fingerprint density at radius 2 is 2.33 bits per heavy atom. The first-order chi connectivity index (χ1) is 8.53. The average Bonchev–Trinajstić information content (AvgIpc) is 2.79. The topological polar surface area (TPSA) is 83.7 Å². The van der Waals surface area contributed by atoms with Crippen LogP contribution in [0.4, 0.5) is 4.79 Å². The molecule has 1 aromatic heterocycles. The molecule has 3 N–H and O–H groups in total. The van der Waals surface area contributed by atoms with Gasteiger partial charge in [0, 0.05) is 26.6 Å². The monoisotopic (exact) mass is 256 g/mol. The molecular formula is C12H20N2O4. The van der Waals surface area contributed by atoms with Crippen molar-refractivity contribution in [1.82, 2.24) is 10.6 Å². The van der Waals surface area contributed by atoms with E-state index < -0.39 is 5.60 Å². The van der Waals surface area contributed by atoms with Crippen LogP contribution in [0.1, 0.15) is 12.7 Å². The fraction of sp³-hybridized carbons (Fsp3) is 0.583. The molecule has 0 aliphatic heterocycles. The van der Waals surface area contributed by atoms with E-state index >= 15 is 0 Å². The largest absolute Gasteiger partial charge is 0.469 e. The molecule has 0 fully saturated rings. The fourth-order valence-corrected chi connectivity index (χ4v) is 1.45. The second kappa shape index (κ2) is 7.03. The number of hydrogen-bond donors (Lipinski definition) is 3. The maximum absolute atomic E-state index is 11.4. The number of amides is 2. The Morgan fingerprint density at radius 3 is 2.94 bits per heavy atom. The number of aliphatic hydroxyl groups is 1. The van der Waals surface area contributed by atoms with Crippen LogP contribution in [-0.2, 0) is 11.2 Å². The van der Waals surface area contributed by atoms with Gasteiger partial charge in [-0.15, -0.1) is 0 Å². The molecule has 2 amide bonds. The van der Waals surface area contributed by atoms with Gasteiger partial charge in [-0.1, -0.05) is 0 Å². The molecule has 18 heavy (non-hydrogen) atoms. The van der Waals surface area contributed by atoms with E-state index in [1.165, 1.54) is 0 Å². The lowest BCUT2D eigenvalue weighted by atomic mass is 10.0. The van der Waals surface area contributed by atoms with Crippen LogP contribution in [0.25, 0.3) is 0 Å². The van der Waals surface area contributed by atoms with E-state index in [4.69, 9.17) is 9.15 Å². The minimum Gasteiger partial charge on any atom is -0.469 e. The third kappa shape index (κ3) is 5.70. The first-order valence-electron chi connectivity index (χ1n) is 5.79. The van der Waals surface area contributed by atoms with E-state index in [0.29, 0.717) is 25.3 Å². The maximum atomic E-state index is 11.4. The normalized spacial score (nSPS) is 13.9. The first-order valence-corrected chi connectivity index (χ1v) is 5.79. The highest BCUT2D eigenvalue weighted by molar-refractivity contribution is 5.73. The van der Waals surface area contributed by atoms with Crippen molar-refractivity contribution in [2.45, 2.75) is 18.9 Å². The molecule has 0 bridgehead atoms. The summed E-state index contributed by atoms with van der Waals surface area (Å²) in [5.41, 5.74) is -1.05. The lowest BCUT2D eigenvalue weighted by Crippen LogP contribution is -2.46. The Hall–Kier alpha value is -1.53. The second-order valence-electron chi connectivity index (χ2n) is 4.36. The minimum absolute atomic E-state index is 0.145. The zero-order valence-corrected chi connectivity index (χ0v) is 10.7. The molecule has 6 heteroatoms. The van der Waals surface area contributed by atoms with E-state index in [1.807, 2.05) is 0 Å². The lowest BCUT2D eigenvalue weighted by Gasteiger charge is -2.22. The van der Waals surface area contributed by atoms with Crippen LogP contribution in [0.15, 0.2) is 22.8 Å². The van der Waals surface area contributed by atoms with Gasteiger partial charge in [-0.05, 0) is 19.1 Å². The Balaban J connectivity index is 2.26. The van der Waals surface area contributed by atoms with Crippen molar-refractivity contribution in [2.24, 2.45) is 0 Å². The Bertz CT molecular complexity index is 349. The van der Waals surface area contributed by atoms with Gasteiger partial charge < -0.3 is 24.9 Å². The third-order valence-corrected chi connectivity index (χ3v) is 2.36. The minimum atomic E-state index is -1.05. The number of methoxy groups -OCH3 is 1. The van der Waals surface area contributed by atoms with Crippen LogP contribution in [0.2, 0.25) is 0 Å². The summed E-state index contributed by atoms with van der Waals surface area (Å²) < 4.78 is 9.95. The highest BCUT2D eigenvalue weighted by Crippen LogP contribution is 2.12. The van der Waals surface area contributed by atoms with Crippen molar-refractivity contribution < 1.29 is 19.1 Å². The number of hydrogen-bond acceptors (Lipinski definition) is 4. The smallest absolute Gasteiger partial charge is 0.314 e. The molecule has 102 valence electrons. The zero-order valence-electron chi connectivity index (χ0n) is 10.7. The number of furan rings is 1. The molecule has 1 aromatic rings. The van der Waals surface area contributed by atoms with Gasteiger partial charge in [0.15, 0.2) is 0 Å². The van der Waals surface area contributed by atoms with Crippen LogP contribution >= 0.6 is 0 Å². The Labute approximate surface area is 106 Å². The Morgan fingerprint density at radius 1 is 1.56 bits per heavy atom. The van der Waals surface area contributed by atoms with Crippen molar-refractivity contribution in [3.05, 3.63) is 24.2 Å². The van der Waals surface area contributed by atoms with Gasteiger partial charge >= 0.3 is 6.03 Å². The molecule has 0 saturated carbocycles. The van der Waals surface area contributed by atoms with E-state index in [2.05, 4.69) is 10.6 Å². The number of carbonyl (C=O) groups excluding carboxylic acids is 1. The molecule has 0 spiro atoms. The summed E-state index contributed by atoms with van der Waals surface area (Å²) in [4.78, 5) is 11.4. The molecule has 1 rings (SSSR count). The van der Waals surface area contributed by atoms with E-state index in [0.717, 1.165) is 0 Å². The summed E-state index contributed by atoms with van der Waals surface area (Å²) in [6, 6.07) is 3.22. The van der Waals surface area contributed by atoms with E-state index in [1.54, 1.807) is 32.4 Å². The molecule has 0 aromatic carbocycles. The SMILES string of the molecule is COCCNC(=O)NC[C@@](C)(O)Cc1ccco1. The predicted molar refractivity (Wildman–Crippen MR) is 66.3 cm³/mol. The quantitative estimate of drug-likeness (QED) is 0.621. The summed E-state index contributed by atoms with van der Waals surface area (Å²) in [6.45, 7) is 2.68. The molecule has 1 atom stereocenters. The predicted octanol–water partition coefficient (Wildman–Crippen LogP) is 0.519. The number of ether oxygens (including phenoxy) is 1. The fourth-order valence-electron chi connectivity index (χ4n) is 1.45. The lowest BCUT2D eigenvalue weighted by molar-refractivity contribution is 0.0571. The first kappa shape index (κ1) is 14.5. The molecule has 0 aliphatic carbocycles. The molecule has 0 radical (unpaired) electrons. The third-order valence-electron chi connectivity index (χ3n) is 2.36. The van der Waals surface area contributed by atoms with Crippen molar-refractivity contribution in [3.63, 3.8) is 0 Å². The van der Waals surface area contributed by atoms with Crippen LogP contribution in [0, 0.1) is 0 Å². The molecule has 1 heterocycles. The van der Waals surface area contributed by atoms with E-state index in [9.17, 15) is 9.90 Å². The number of rotatable bonds is 7. The van der Waals surface area contributed by atoms with Crippen LogP contribution in [-0.4, -0.2) is 43.5 Å². The van der Waals surface area contributed by atoms with Gasteiger partial charge in [0.05, 0.1) is 18.5 Å². The Kier molecular flexibility index (Phi) is 5.67. The highest BCUT2D eigenvalue weighted by Gasteiger charge is 2.23. The van der Waals surface area contributed by atoms with Gasteiger partial charge in [-0.3, -0.25) is 0 Å². The summed E-state index contributed by atoms with van der Waals surface area (Å²) in [6.07, 6.45) is 1.90. The highest BCUT2D eigenvalue weighted by atomic mass is 16.5. The summed E-state index contributed by atoms with van der Waals surface area (Å²) in [7, 11) is 1.56. The van der Waals surface area contributed by atoms with E-state index in [-0.39, 0.29) is 12.6 Å². The van der Waals surface area contributed by atoms with Crippen molar-refractivity contribution in [2.75, 3.05) is 26.8 Å². The summed E-state index contributed by atoms with van der Waals surface area (Å²) >= 11 is 0. The van der Waals surface area contributed by atoms with Crippen LogP contribution < -0.4 is 10.6 Å². The van der Waals surface area contributed by atoms with Gasteiger partial charge in [-0.2, -0.15) is 0 Å². The number of nitrogens with one attached hydrogen (secondary N) is 2. The van der Waals surface area contributed by atoms with Gasteiger partial charge in [-0.25, -0.2) is 4.79 Å². The maximum Gasteiger partial charge on any atom is 0.314 e. The second-order valence-corrected chi connectivity index (χ2v) is 4.36. The summed E-state index contributed by atoms with van der Waals surface area (Å²) in [5, 5.41) is 15.3. The standard InChI is InChI=1S/C12H20N2O4/c1-12(16,8-10-4-3-6-18-10)9-14-11(15)13-5-7-17-2/h3-4,6,16H,5,7-9H2,1-2H3,(H2,13,14,15)/t12-/m0/s1. The molecule has 0 aliphatic rings. The number of urea groups is 1. The molecule has 0 unspecified atom stereocenters. The van der Waals surface area contributed by atoms with Crippen LogP contribution in [0.3, 0.4) is 0 Å².